The lowest BCUT2D eigenvalue weighted by molar-refractivity contribution is 0.0603. The summed E-state index contributed by atoms with van der Waals surface area (Å²) in [5.41, 5.74) is 7.13. The molecule has 1 heterocycles. The molecule has 128 valence electrons. The molecular formula is C18H16N2O3S2. The number of carbonyl (C=O) groups excluding carboxylic acids is 1. The Morgan fingerprint density at radius 1 is 1.12 bits per heavy atom. The van der Waals surface area contributed by atoms with Crippen molar-refractivity contribution >= 4 is 34.5 Å². The number of carbonyl (C=O) groups is 1. The molecule has 3 aromatic rings. The van der Waals surface area contributed by atoms with Gasteiger partial charge in [0.15, 0.2) is 4.88 Å². The summed E-state index contributed by atoms with van der Waals surface area (Å²) in [6.45, 7) is 0. The van der Waals surface area contributed by atoms with Gasteiger partial charge in [0.05, 0.1) is 7.11 Å². The maximum absolute atomic E-state index is 11.3. The summed E-state index contributed by atoms with van der Waals surface area (Å²) in [7, 11) is 1.27. The van der Waals surface area contributed by atoms with Crippen molar-refractivity contribution in [3.63, 3.8) is 0 Å². The highest BCUT2D eigenvalue weighted by molar-refractivity contribution is 7.80. The van der Waals surface area contributed by atoms with Crippen LogP contribution in [0.15, 0.2) is 60.7 Å². The Balaban J connectivity index is 0.000000212. The van der Waals surface area contributed by atoms with Crippen molar-refractivity contribution in [2.45, 2.75) is 0 Å². The Morgan fingerprint density at radius 2 is 1.68 bits per heavy atom. The standard InChI is InChI=1S/C11H9NO3S.C7H7NS/c1-15-11(14)8-9(13)12-10(16-8)7-5-3-2-4-6-7;8-7(9)6-4-2-1-3-5-6/h2-6,13H,1H3;1-5H,(H2,8,9). The van der Waals surface area contributed by atoms with Crippen molar-refractivity contribution < 1.29 is 14.6 Å². The van der Waals surface area contributed by atoms with E-state index < -0.39 is 5.97 Å². The smallest absolute Gasteiger partial charge is 0.353 e. The first-order valence-corrected chi connectivity index (χ1v) is 8.43. The van der Waals surface area contributed by atoms with Crippen molar-refractivity contribution in [2.24, 2.45) is 5.73 Å². The molecule has 0 unspecified atom stereocenters. The minimum absolute atomic E-state index is 0.126. The maximum Gasteiger partial charge on any atom is 0.353 e. The fraction of sp³-hybridized carbons (Fsp3) is 0.0556. The number of hydrogen-bond donors (Lipinski definition) is 2. The van der Waals surface area contributed by atoms with Gasteiger partial charge in [-0.2, -0.15) is 0 Å². The molecule has 5 nitrogen and oxygen atoms in total. The maximum atomic E-state index is 11.3. The number of methoxy groups -OCH3 is 1. The van der Waals surface area contributed by atoms with Crippen LogP contribution in [0.2, 0.25) is 0 Å². The molecule has 0 aliphatic carbocycles. The quantitative estimate of drug-likeness (QED) is 0.539. The first kappa shape index (κ1) is 18.6. The van der Waals surface area contributed by atoms with Crippen LogP contribution < -0.4 is 5.73 Å². The lowest BCUT2D eigenvalue weighted by Crippen LogP contribution is -2.08. The first-order valence-electron chi connectivity index (χ1n) is 7.21. The molecule has 1 aromatic heterocycles. The first-order chi connectivity index (χ1) is 12.0. The highest BCUT2D eigenvalue weighted by Crippen LogP contribution is 2.31. The fourth-order valence-corrected chi connectivity index (χ4v) is 2.86. The molecule has 0 aliphatic rings. The predicted molar refractivity (Wildman–Crippen MR) is 103 cm³/mol. The van der Waals surface area contributed by atoms with E-state index in [0.717, 1.165) is 22.5 Å². The molecule has 2 aromatic carbocycles. The van der Waals surface area contributed by atoms with Crippen LogP contribution in [0.4, 0.5) is 0 Å². The average Bonchev–Trinajstić information content (AvgIpc) is 3.05. The van der Waals surface area contributed by atoms with Crippen LogP contribution in [0, 0.1) is 0 Å². The number of rotatable bonds is 3. The minimum atomic E-state index is -0.572. The second-order valence-electron chi connectivity index (χ2n) is 4.76. The van der Waals surface area contributed by atoms with Gasteiger partial charge in [0, 0.05) is 11.1 Å². The van der Waals surface area contributed by atoms with Crippen molar-refractivity contribution in [1.82, 2.24) is 4.98 Å². The number of nitrogens with zero attached hydrogens (tertiary/aromatic N) is 1. The van der Waals surface area contributed by atoms with Gasteiger partial charge in [0.2, 0.25) is 5.88 Å². The Labute approximate surface area is 154 Å². The lowest BCUT2D eigenvalue weighted by atomic mass is 10.2. The van der Waals surface area contributed by atoms with Gasteiger partial charge in [-0.15, -0.1) is 11.3 Å². The van der Waals surface area contributed by atoms with E-state index in [2.05, 4.69) is 9.72 Å². The lowest BCUT2D eigenvalue weighted by Gasteiger charge is -1.93. The molecule has 0 amide bonds. The van der Waals surface area contributed by atoms with E-state index in [1.165, 1.54) is 7.11 Å². The SMILES string of the molecule is COC(=O)c1sc(-c2ccccc2)nc1O.NC(=S)c1ccccc1. The van der Waals surface area contributed by atoms with Crippen LogP contribution in [-0.2, 0) is 4.74 Å². The number of nitrogens with two attached hydrogens (primary N) is 1. The number of aromatic nitrogens is 1. The van der Waals surface area contributed by atoms with Crippen LogP contribution in [0.5, 0.6) is 5.88 Å². The summed E-state index contributed by atoms with van der Waals surface area (Å²) < 4.78 is 4.54. The number of aromatic hydroxyl groups is 1. The van der Waals surface area contributed by atoms with Crippen molar-refractivity contribution in [2.75, 3.05) is 7.11 Å². The molecule has 3 rings (SSSR count). The zero-order valence-electron chi connectivity index (χ0n) is 13.4. The minimum Gasteiger partial charge on any atom is -0.492 e. The summed E-state index contributed by atoms with van der Waals surface area (Å²) in [6, 6.07) is 18.9. The number of esters is 1. The van der Waals surface area contributed by atoms with E-state index in [0.29, 0.717) is 10.00 Å². The third kappa shape index (κ3) is 5.10. The van der Waals surface area contributed by atoms with E-state index in [4.69, 9.17) is 18.0 Å². The highest BCUT2D eigenvalue weighted by atomic mass is 32.1. The van der Waals surface area contributed by atoms with Crippen molar-refractivity contribution in [3.8, 4) is 16.5 Å². The molecule has 0 saturated carbocycles. The van der Waals surface area contributed by atoms with Gasteiger partial charge in [-0.25, -0.2) is 9.78 Å². The van der Waals surface area contributed by atoms with Gasteiger partial charge in [-0.3, -0.25) is 0 Å². The zero-order chi connectivity index (χ0) is 18.2. The number of thiocarbonyl (C=S) groups is 1. The van der Waals surface area contributed by atoms with Crippen LogP contribution in [0.3, 0.4) is 0 Å². The third-order valence-corrected chi connectivity index (χ3v) is 4.37. The van der Waals surface area contributed by atoms with Crippen molar-refractivity contribution in [1.29, 1.82) is 0 Å². The van der Waals surface area contributed by atoms with Crippen molar-refractivity contribution in [3.05, 3.63) is 71.1 Å². The molecular weight excluding hydrogens is 356 g/mol. The number of thiazole rings is 1. The molecule has 0 radical (unpaired) electrons. The van der Waals surface area contributed by atoms with E-state index in [-0.39, 0.29) is 10.8 Å². The molecule has 0 aliphatic heterocycles. The molecule has 7 heteroatoms. The topological polar surface area (TPSA) is 85.4 Å². The number of benzene rings is 2. The second-order valence-corrected chi connectivity index (χ2v) is 6.20. The van der Waals surface area contributed by atoms with Crippen LogP contribution in [-0.4, -0.2) is 28.2 Å². The van der Waals surface area contributed by atoms with Gasteiger partial charge in [-0.05, 0) is 0 Å². The van der Waals surface area contributed by atoms with Gasteiger partial charge >= 0.3 is 5.97 Å². The third-order valence-electron chi connectivity index (χ3n) is 3.06. The summed E-state index contributed by atoms with van der Waals surface area (Å²) in [4.78, 5) is 15.8. The highest BCUT2D eigenvalue weighted by Gasteiger charge is 2.18. The van der Waals surface area contributed by atoms with E-state index in [1.807, 2.05) is 60.7 Å². The van der Waals surface area contributed by atoms with Gasteiger partial charge < -0.3 is 15.6 Å². The molecule has 25 heavy (non-hydrogen) atoms. The Hall–Kier alpha value is -2.77. The molecule has 0 spiro atoms. The number of hydrogen-bond acceptors (Lipinski definition) is 6. The van der Waals surface area contributed by atoms with Crippen LogP contribution in [0.25, 0.3) is 10.6 Å². The summed E-state index contributed by atoms with van der Waals surface area (Å²) in [6.07, 6.45) is 0. The Kier molecular flexibility index (Phi) is 6.62. The molecule has 0 fully saturated rings. The van der Waals surface area contributed by atoms with Gasteiger partial charge in [-0.1, -0.05) is 72.9 Å². The summed E-state index contributed by atoms with van der Waals surface area (Å²) in [5, 5.41) is 10.1. The van der Waals surface area contributed by atoms with Crippen LogP contribution in [0.1, 0.15) is 15.2 Å². The monoisotopic (exact) mass is 372 g/mol. The zero-order valence-corrected chi connectivity index (χ0v) is 15.0. The van der Waals surface area contributed by atoms with E-state index >= 15 is 0 Å². The summed E-state index contributed by atoms with van der Waals surface area (Å²) in [5.74, 6) is -0.854. The molecule has 3 N–H and O–H groups in total. The normalized spacial score (nSPS) is 9.64. The second kappa shape index (κ2) is 8.91. The van der Waals surface area contributed by atoms with E-state index in [1.54, 1.807) is 0 Å². The number of ether oxygens (including phenoxy) is 1. The van der Waals surface area contributed by atoms with Gasteiger partial charge in [0.25, 0.3) is 0 Å². The Morgan fingerprint density at radius 3 is 2.16 bits per heavy atom. The Bertz CT molecular complexity index is 849. The summed E-state index contributed by atoms with van der Waals surface area (Å²) >= 11 is 5.85. The average molecular weight is 372 g/mol. The molecule has 0 bridgehead atoms. The largest absolute Gasteiger partial charge is 0.492 e. The van der Waals surface area contributed by atoms with E-state index in [9.17, 15) is 9.90 Å². The van der Waals surface area contributed by atoms with Crippen LogP contribution >= 0.6 is 23.6 Å². The fourth-order valence-electron chi connectivity index (χ4n) is 1.84. The van der Waals surface area contributed by atoms with Gasteiger partial charge in [0.1, 0.15) is 10.00 Å². The predicted octanol–water partition coefficient (Wildman–Crippen LogP) is 3.62. The molecule has 0 saturated heterocycles. The molecule has 0 atom stereocenters.